The maximum absolute atomic E-state index is 13.9. The molecule has 0 unspecified atom stereocenters. The van der Waals surface area contributed by atoms with Gasteiger partial charge < -0.3 is 19.2 Å². The lowest BCUT2D eigenvalue weighted by Gasteiger charge is -2.29. The summed E-state index contributed by atoms with van der Waals surface area (Å²) >= 11 is 6.10. The first-order valence-corrected chi connectivity index (χ1v) is 10.7. The summed E-state index contributed by atoms with van der Waals surface area (Å²) < 4.78 is 29.4. The Morgan fingerprint density at radius 1 is 1.00 bits per heavy atom. The normalized spacial score (nSPS) is 11.2. The lowest BCUT2D eigenvalue weighted by Crippen LogP contribution is -2.50. The van der Waals surface area contributed by atoms with Crippen LogP contribution in [0.1, 0.15) is 42.4 Å². The van der Waals surface area contributed by atoms with Gasteiger partial charge in [-0.05, 0) is 38.1 Å². The van der Waals surface area contributed by atoms with Gasteiger partial charge in [-0.15, -0.1) is 0 Å². The number of benzene rings is 2. The molecule has 2 aromatic carbocycles. The fraction of sp³-hybridized carbons (Fsp3) is 0.250. The Kier molecular flexibility index (Phi) is 7.36. The predicted molar refractivity (Wildman–Crippen MR) is 120 cm³/mol. The van der Waals surface area contributed by atoms with Gasteiger partial charge in [-0.2, -0.15) is 0 Å². The van der Waals surface area contributed by atoms with Crippen LogP contribution in [-0.4, -0.2) is 41.9 Å². The minimum atomic E-state index is -2.78. The van der Waals surface area contributed by atoms with Crippen molar-refractivity contribution in [1.82, 2.24) is 4.98 Å². The lowest BCUT2D eigenvalue weighted by atomic mass is 9.88. The van der Waals surface area contributed by atoms with Crippen LogP contribution in [0.2, 0.25) is 5.02 Å². The van der Waals surface area contributed by atoms with Crippen molar-refractivity contribution in [3.05, 3.63) is 70.1 Å². The zero-order valence-electron chi connectivity index (χ0n) is 18.6. The quantitative estimate of drug-likeness (QED) is 0.219. The molecule has 0 aliphatic carbocycles. The van der Waals surface area contributed by atoms with E-state index in [0.717, 1.165) is 19.1 Å². The first-order valence-electron chi connectivity index (χ1n) is 10.3. The van der Waals surface area contributed by atoms with Gasteiger partial charge >= 0.3 is 23.5 Å². The number of hydrogen-bond acceptors (Lipinski definition) is 7. The fourth-order valence-electron chi connectivity index (χ4n) is 3.58. The van der Waals surface area contributed by atoms with E-state index in [1.807, 2.05) is 0 Å². The molecule has 10 heteroatoms. The van der Waals surface area contributed by atoms with Gasteiger partial charge in [-0.1, -0.05) is 29.8 Å². The Labute approximate surface area is 198 Å². The second kappa shape index (κ2) is 10.0. The highest BCUT2D eigenvalue weighted by molar-refractivity contribution is 6.31. The van der Waals surface area contributed by atoms with E-state index in [2.05, 4.69) is 4.98 Å². The molecule has 0 fully saturated rings. The first kappa shape index (κ1) is 24.9. The fourth-order valence-corrected chi connectivity index (χ4v) is 3.75. The van der Waals surface area contributed by atoms with Crippen molar-refractivity contribution >= 4 is 46.2 Å². The molecule has 1 N–H and O–H groups in total. The van der Waals surface area contributed by atoms with Gasteiger partial charge in [-0.3, -0.25) is 9.59 Å². The van der Waals surface area contributed by atoms with Gasteiger partial charge in [0, 0.05) is 28.4 Å². The van der Waals surface area contributed by atoms with Gasteiger partial charge in [0.05, 0.1) is 24.5 Å². The minimum absolute atomic E-state index is 0.0802. The second-order valence-corrected chi connectivity index (χ2v) is 7.56. The van der Waals surface area contributed by atoms with Crippen molar-refractivity contribution in [3.63, 3.8) is 0 Å². The van der Waals surface area contributed by atoms with Crippen LogP contribution < -0.4 is 0 Å². The average Bonchev–Trinajstić information content (AvgIpc) is 3.15. The Morgan fingerprint density at radius 2 is 1.65 bits per heavy atom. The van der Waals surface area contributed by atoms with Crippen molar-refractivity contribution in [1.29, 1.82) is 0 Å². The van der Waals surface area contributed by atoms with E-state index < -0.39 is 35.1 Å². The van der Waals surface area contributed by atoms with Crippen LogP contribution in [0, 0.1) is 5.82 Å². The number of rotatable bonds is 8. The summed E-state index contributed by atoms with van der Waals surface area (Å²) in [5, 5.41) is 0.460. The highest BCUT2D eigenvalue weighted by Gasteiger charge is 2.57. The number of aromatic amines is 1. The largest absolute Gasteiger partial charge is 0.462 e. The third kappa shape index (κ3) is 4.51. The third-order valence-electron chi connectivity index (χ3n) is 4.85. The van der Waals surface area contributed by atoms with Crippen molar-refractivity contribution in [2.75, 3.05) is 13.2 Å². The Bertz CT molecular complexity index is 1270. The molecule has 3 aromatic rings. The molecule has 1 aromatic heterocycles. The molecular weight excluding hydrogens is 469 g/mol. The average molecular weight is 490 g/mol. The number of nitrogens with one attached hydrogen (secondary N) is 1. The smallest absolute Gasteiger partial charge is 0.367 e. The zero-order chi connectivity index (χ0) is 25.0. The summed E-state index contributed by atoms with van der Waals surface area (Å²) in [6, 6.07) is 9.20. The summed E-state index contributed by atoms with van der Waals surface area (Å²) in [6.45, 7) is 3.66. The van der Waals surface area contributed by atoms with E-state index in [-0.39, 0.29) is 46.0 Å². The van der Waals surface area contributed by atoms with E-state index in [1.165, 1.54) is 44.2 Å². The van der Waals surface area contributed by atoms with Crippen molar-refractivity contribution in [2.45, 2.75) is 26.4 Å². The summed E-state index contributed by atoms with van der Waals surface area (Å²) in [5.74, 6) is -4.96. The third-order valence-corrected chi connectivity index (χ3v) is 5.08. The van der Waals surface area contributed by atoms with Crippen LogP contribution in [0.25, 0.3) is 10.9 Å². The SMILES string of the molecule is CCOC(=O)C(OC(C)=O)(C(=O)OCC)c1c(C(=O)c2cccc(F)c2)[nH]c2cc(Cl)ccc12. The minimum Gasteiger partial charge on any atom is -0.462 e. The molecule has 0 bridgehead atoms. The molecule has 0 radical (unpaired) electrons. The molecule has 3 rings (SSSR count). The second-order valence-electron chi connectivity index (χ2n) is 7.12. The molecular formula is C24H21ClFNO7. The molecule has 1 heterocycles. The van der Waals surface area contributed by atoms with E-state index in [9.17, 15) is 23.6 Å². The molecule has 8 nitrogen and oxygen atoms in total. The van der Waals surface area contributed by atoms with E-state index in [0.29, 0.717) is 0 Å². The Morgan fingerprint density at radius 3 is 2.21 bits per heavy atom. The first-order chi connectivity index (χ1) is 16.1. The highest BCUT2D eigenvalue weighted by atomic mass is 35.5. The zero-order valence-corrected chi connectivity index (χ0v) is 19.3. The molecule has 0 saturated heterocycles. The van der Waals surface area contributed by atoms with Crippen LogP contribution in [0.3, 0.4) is 0 Å². The number of ketones is 1. The van der Waals surface area contributed by atoms with Gasteiger partial charge in [0.2, 0.25) is 5.78 Å². The van der Waals surface area contributed by atoms with Gasteiger partial charge in [-0.25, -0.2) is 14.0 Å². The number of ether oxygens (including phenoxy) is 3. The van der Waals surface area contributed by atoms with Crippen molar-refractivity contribution < 1.29 is 37.8 Å². The molecule has 0 aliphatic rings. The van der Waals surface area contributed by atoms with Crippen molar-refractivity contribution in [2.24, 2.45) is 0 Å². The molecule has 0 atom stereocenters. The number of carbonyl (C=O) groups is 4. The number of carbonyl (C=O) groups excluding carboxylic acids is 4. The van der Waals surface area contributed by atoms with Crippen molar-refractivity contribution in [3.8, 4) is 0 Å². The maximum Gasteiger partial charge on any atom is 0.367 e. The van der Waals surface area contributed by atoms with Gasteiger partial charge in [0.15, 0.2) is 0 Å². The molecule has 0 aliphatic heterocycles. The van der Waals surface area contributed by atoms with Crippen LogP contribution in [-0.2, 0) is 34.2 Å². The Balaban J connectivity index is 2.45. The summed E-state index contributed by atoms with van der Waals surface area (Å²) in [6.07, 6.45) is 0. The van der Waals surface area contributed by atoms with Gasteiger partial charge in [0.25, 0.3) is 0 Å². The van der Waals surface area contributed by atoms with E-state index in [4.69, 9.17) is 25.8 Å². The number of fused-ring (bicyclic) bond motifs is 1. The molecule has 34 heavy (non-hydrogen) atoms. The molecule has 0 amide bonds. The summed E-state index contributed by atoms with van der Waals surface area (Å²) in [7, 11) is 0. The molecule has 0 spiro atoms. The Hall–Kier alpha value is -3.72. The van der Waals surface area contributed by atoms with Crippen LogP contribution in [0.4, 0.5) is 4.39 Å². The number of H-pyrrole nitrogens is 1. The highest BCUT2D eigenvalue weighted by Crippen LogP contribution is 2.39. The van der Waals surface area contributed by atoms with Gasteiger partial charge in [0.1, 0.15) is 5.82 Å². The maximum atomic E-state index is 13.9. The molecule has 0 saturated carbocycles. The standard InChI is InChI=1S/C24H21ClFNO7/c1-4-32-22(30)24(34-13(3)28,23(31)33-5-2)19-17-10-9-15(25)12-18(17)27-20(19)21(29)14-7-6-8-16(26)11-14/h6-12,27H,4-5H2,1-3H3. The van der Waals surface area contributed by atoms with Crippen LogP contribution >= 0.6 is 11.6 Å². The topological polar surface area (TPSA) is 112 Å². The predicted octanol–water partition coefficient (Wildman–Crippen LogP) is 4.08. The monoisotopic (exact) mass is 489 g/mol. The molecule has 178 valence electrons. The number of aromatic nitrogens is 1. The summed E-state index contributed by atoms with van der Waals surface area (Å²) in [4.78, 5) is 55.0. The van der Waals surface area contributed by atoms with Crippen LogP contribution in [0.5, 0.6) is 0 Å². The number of hydrogen-bond donors (Lipinski definition) is 1. The lowest BCUT2D eigenvalue weighted by molar-refractivity contribution is -0.197. The summed E-state index contributed by atoms with van der Waals surface area (Å²) in [5.41, 5.74) is -3.20. The van der Waals surface area contributed by atoms with Crippen LogP contribution in [0.15, 0.2) is 42.5 Å². The van der Waals surface area contributed by atoms with E-state index in [1.54, 1.807) is 0 Å². The number of halogens is 2. The number of esters is 3. The van der Waals surface area contributed by atoms with E-state index >= 15 is 0 Å².